The molecule has 0 aromatic rings. The first kappa shape index (κ1) is 11.3. The second-order valence-corrected chi connectivity index (χ2v) is 5.62. The Labute approximate surface area is 95.8 Å². The van der Waals surface area contributed by atoms with Crippen molar-refractivity contribution in [2.45, 2.75) is 31.7 Å². The molecule has 2 aliphatic rings. The lowest BCUT2D eigenvalue weighted by Gasteiger charge is -2.27. The Hall–Kier alpha value is -0.220. The average molecular weight is 228 g/mol. The number of thioether (sulfide) groups is 1. The highest BCUT2D eigenvalue weighted by atomic mass is 32.2. The first-order valence-corrected chi connectivity index (χ1v) is 7.10. The zero-order chi connectivity index (χ0) is 10.5. The maximum Gasteiger partial charge on any atom is 0.224 e. The molecule has 2 N–H and O–H groups in total. The molecule has 0 aliphatic carbocycles. The van der Waals surface area contributed by atoms with Crippen LogP contribution in [-0.2, 0) is 4.79 Å². The fourth-order valence-electron chi connectivity index (χ4n) is 2.25. The zero-order valence-corrected chi connectivity index (χ0v) is 9.94. The summed E-state index contributed by atoms with van der Waals surface area (Å²) in [7, 11) is 0. The fourth-order valence-corrected chi connectivity index (χ4v) is 3.32. The molecule has 2 fully saturated rings. The van der Waals surface area contributed by atoms with Gasteiger partial charge in [-0.25, -0.2) is 0 Å². The lowest BCUT2D eigenvalue weighted by molar-refractivity contribution is -0.126. The van der Waals surface area contributed by atoms with E-state index in [0.29, 0.717) is 6.04 Å². The molecule has 3 nitrogen and oxygen atoms in total. The standard InChI is InChI=1S/C11H20N2OS/c14-11(9-3-1-5-12-7-9)13-10-4-2-6-15-8-10/h9-10,12H,1-8H2,(H,13,14)/t9-,10?/m0/s1. The topological polar surface area (TPSA) is 41.1 Å². The third-order valence-corrected chi connectivity index (χ3v) is 4.39. The summed E-state index contributed by atoms with van der Waals surface area (Å²) >= 11 is 1.96. The van der Waals surface area contributed by atoms with Gasteiger partial charge in [0.05, 0.1) is 5.92 Å². The number of nitrogens with one attached hydrogen (secondary N) is 2. The van der Waals surface area contributed by atoms with Gasteiger partial charge in [0.2, 0.25) is 5.91 Å². The first-order valence-electron chi connectivity index (χ1n) is 5.95. The van der Waals surface area contributed by atoms with Crippen LogP contribution in [0.25, 0.3) is 0 Å². The number of rotatable bonds is 2. The van der Waals surface area contributed by atoms with Gasteiger partial charge < -0.3 is 10.6 Å². The van der Waals surface area contributed by atoms with Crippen LogP contribution >= 0.6 is 11.8 Å². The van der Waals surface area contributed by atoms with Gasteiger partial charge in [0.1, 0.15) is 0 Å². The third-order valence-electron chi connectivity index (χ3n) is 3.17. The van der Waals surface area contributed by atoms with Crippen LogP contribution in [0.4, 0.5) is 0 Å². The van der Waals surface area contributed by atoms with E-state index >= 15 is 0 Å². The van der Waals surface area contributed by atoms with Crippen molar-refractivity contribution in [2.75, 3.05) is 24.6 Å². The molecule has 0 saturated carbocycles. The van der Waals surface area contributed by atoms with Gasteiger partial charge in [-0.2, -0.15) is 11.8 Å². The van der Waals surface area contributed by atoms with E-state index in [1.54, 1.807) is 0 Å². The summed E-state index contributed by atoms with van der Waals surface area (Å²) in [6, 6.07) is 0.429. The number of carbonyl (C=O) groups excluding carboxylic acids is 1. The van der Waals surface area contributed by atoms with E-state index in [-0.39, 0.29) is 11.8 Å². The first-order chi connectivity index (χ1) is 7.36. The molecular formula is C11H20N2OS. The molecule has 1 unspecified atom stereocenters. The number of hydrogen-bond acceptors (Lipinski definition) is 3. The van der Waals surface area contributed by atoms with Gasteiger partial charge in [0.15, 0.2) is 0 Å². The smallest absolute Gasteiger partial charge is 0.224 e. The summed E-state index contributed by atoms with van der Waals surface area (Å²) in [6.45, 7) is 1.94. The van der Waals surface area contributed by atoms with Crippen LogP contribution in [0.15, 0.2) is 0 Å². The van der Waals surface area contributed by atoms with Gasteiger partial charge in [0, 0.05) is 18.3 Å². The predicted molar refractivity (Wildman–Crippen MR) is 64.1 cm³/mol. The molecule has 15 heavy (non-hydrogen) atoms. The molecule has 2 saturated heterocycles. The Bertz CT molecular complexity index is 211. The second kappa shape index (κ2) is 5.75. The zero-order valence-electron chi connectivity index (χ0n) is 9.13. The SMILES string of the molecule is O=C(NC1CCCSC1)[C@H]1CCCNC1. The molecule has 1 amide bonds. The molecule has 0 aromatic carbocycles. The van der Waals surface area contributed by atoms with Crippen molar-refractivity contribution in [1.82, 2.24) is 10.6 Å². The highest BCUT2D eigenvalue weighted by Gasteiger charge is 2.23. The number of piperidine rings is 1. The molecular weight excluding hydrogens is 208 g/mol. The van der Waals surface area contributed by atoms with E-state index < -0.39 is 0 Å². The van der Waals surface area contributed by atoms with Crippen LogP contribution in [0.2, 0.25) is 0 Å². The van der Waals surface area contributed by atoms with Crippen molar-refractivity contribution in [3.63, 3.8) is 0 Å². The molecule has 0 radical (unpaired) electrons. The number of carbonyl (C=O) groups is 1. The number of hydrogen-bond donors (Lipinski definition) is 2. The van der Waals surface area contributed by atoms with Gasteiger partial charge in [-0.05, 0) is 38.0 Å². The Morgan fingerprint density at radius 3 is 2.93 bits per heavy atom. The minimum absolute atomic E-state index is 0.214. The van der Waals surface area contributed by atoms with Gasteiger partial charge in [0.25, 0.3) is 0 Å². The van der Waals surface area contributed by atoms with Crippen molar-refractivity contribution in [3.8, 4) is 0 Å². The molecule has 0 bridgehead atoms. The molecule has 0 aromatic heterocycles. The Morgan fingerprint density at radius 2 is 2.27 bits per heavy atom. The van der Waals surface area contributed by atoms with Crippen LogP contribution in [0.5, 0.6) is 0 Å². The summed E-state index contributed by atoms with van der Waals surface area (Å²) in [5.41, 5.74) is 0. The Kier molecular flexibility index (Phi) is 4.32. The van der Waals surface area contributed by atoms with Crippen molar-refractivity contribution in [3.05, 3.63) is 0 Å². The highest BCUT2D eigenvalue weighted by Crippen LogP contribution is 2.18. The van der Waals surface area contributed by atoms with E-state index in [4.69, 9.17) is 0 Å². The van der Waals surface area contributed by atoms with Gasteiger partial charge >= 0.3 is 0 Å². The minimum atomic E-state index is 0.214. The van der Waals surface area contributed by atoms with E-state index in [1.807, 2.05) is 11.8 Å². The quantitative estimate of drug-likeness (QED) is 0.741. The van der Waals surface area contributed by atoms with Crippen molar-refractivity contribution < 1.29 is 4.79 Å². The third kappa shape index (κ3) is 3.38. The van der Waals surface area contributed by atoms with Crippen molar-refractivity contribution >= 4 is 17.7 Å². The highest BCUT2D eigenvalue weighted by molar-refractivity contribution is 7.99. The molecule has 4 heteroatoms. The van der Waals surface area contributed by atoms with E-state index in [1.165, 1.54) is 18.6 Å². The maximum absolute atomic E-state index is 11.9. The predicted octanol–water partition coefficient (Wildman–Crippen LogP) is 0.998. The minimum Gasteiger partial charge on any atom is -0.352 e. The molecule has 2 heterocycles. The lowest BCUT2D eigenvalue weighted by Crippen LogP contribution is -2.46. The summed E-state index contributed by atoms with van der Waals surface area (Å²) < 4.78 is 0. The second-order valence-electron chi connectivity index (χ2n) is 4.47. The average Bonchev–Trinajstić information content (AvgIpc) is 2.31. The van der Waals surface area contributed by atoms with E-state index in [9.17, 15) is 4.79 Å². The van der Waals surface area contributed by atoms with Crippen LogP contribution in [0.1, 0.15) is 25.7 Å². The summed E-state index contributed by atoms with van der Waals surface area (Å²) in [5, 5.41) is 6.48. The van der Waals surface area contributed by atoms with Crippen LogP contribution in [-0.4, -0.2) is 36.5 Å². The Balaban J connectivity index is 1.74. The monoisotopic (exact) mass is 228 g/mol. The molecule has 2 rings (SSSR count). The van der Waals surface area contributed by atoms with Gasteiger partial charge in [-0.3, -0.25) is 4.79 Å². The molecule has 2 atom stereocenters. The van der Waals surface area contributed by atoms with Gasteiger partial charge in [-0.15, -0.1) is 0 Å². The molecule has 2 aliphatic heterocycles. The Morgan fingerprint density at radius 1 is 1.33 bits per heavy atom. The fraction of sp³-hybridized carbons (Fsp3) is 0.909. The normalized spacial score (nSPS) is 32.3. The van der Waals surface area contributed by atoms with E-state index in [2.05, 4.69) is 10.6 Å². The molecule has 86 valence electrons. The largest absolute Gasteiger partial charge is 0.352 e. The van der Waals surface area contributed by atoms with Crippen molar-refractivity contribution in [1.29, 1.82) is 0 Å². The van der Waals surface area contributed by atoms with E-state index in [0.717, 1.165) is 31.7 Å². The summed E-state index contributed by atoms with van der Waals surface area (Å²) in [4.78, 5) is 11.9. The van der Waals surface area contributed by atoms with Crippen LogP contribution in [0, 0.1) is 5.92 Å². The van der Waals surface area contributed by atoms with Crippen molar-refractivity contribution in [2.24, 2.45) is 5.92 Å². The van der Waals surface area contributed by atoms with Crippen LogP contribution in [0.3, 0.4) is 0 Å². The summed E-state index contributed by atoms with van der Waals surface area (Å²) in [5.74, 6) is 2.85. The lowest BCUT2D eigenvalue weighted by atomic mass is 9.98. The van der Waals surface area contributed by atoms with Gasteiger partial charge in [-0.1, -0.05) is 0 Å². The molecule has 0 spiro atoms. The number of amides is 1. The summed E-state index contributed by atoms with van der Waals surface area (Å²) in [6.07, 6.45) is 4.60. The maximum atomic E-state index is 11.9. The van der Waals surface area contributed by atoms with Crippen LogP contribution < -0.4 is 10.6 Å².